The van der Waals surface area contributed by atoms with E-state index in [1.807, 2.05) is 0 Å². The van der Waals surface area contributed by atoms with Crippen LogP contribution in [0.5, 0.6) is 0 Å². The van der Waals surface area contributed by atoms with Gasteiger partial charge >= 0.3 is 5.69 Å². The number of benzene rings is 1. The first-order valence-electron chi connectivity index (χ1n) is 5.93. The molecule has 1 amide bonds. The van der Waals surface area contributed by atoms with E-state index in [0.29, 0.717) is 10.9 Å². The Labute approximate surface area is 114 Å². The summed E-state index contributed by atoms with van der Waals surface area (Å²) in [6, 6.07) is 6.42. The predicted octanol–water partition coefficient (Wildman–Crippen LogP) is 1.82. The van der Waals surface area contributed by atoms with Crippen LogP contribution < -0.4 is 11.1 Å². The maximum atomic E-state index is 11.3. The van der Waals surface area contributed by atoms with Crippen molar-refractivity contribution in [3.05, 3.63) is 40.6 Å². The van der Waals surface area contributed by atoms with Gasteiger partial charge in [-0.3, -0.25) is 19.9 Å². The lowest BCUT2D eigenvalue weighted by atomic mass is 10.0. The third-order valence-corrected chi connectivity index (χ3v) is 3.00. The van der Waals surface area contributed by atoms with E-state index in [9.17, 15) is 14.9 Å². The van der Waals surface area contributed by atoms with E-state index in [0.717, 1.165) is 0 Å². The van der Waals surface area contributed by atoms with Crippen LogP contribution in [0.1, 0.15) is 13.8 Å². The highest BCUT2D eigenvalue weighted by atomic mass is 16.6. The molecule has 0 saturated carbocycles. The molecule has 0 aliphatic rings. The average Bonchev–Trinajstić information content (AvgIpc) is 2.37. The van der Waals surface area contributed by atoms with E-state index in [4.69, 9.17) is 5.73 Å². The Morgan fingerprint density at radius 3 is 2.70 bits per heavy atom. The lowest BCUT2D eigenvalue weighted by molar-refractivity contribution is -0.382. The monoisotopic (exact) mass is 274 g/mol. The van der Waals surface area contributed by atoms with Gasteiger partial charge < -0.3 is 11.1 Å². The van der Waals surface area contributed by atoms with Gasteiger partial charge in [0.15, 0.2) is 0 Å². The molecule has 3 N–H and O–H groups in total. The number of nitrogens with two attached hydrogens (primary N) is 1. The Hall–Kier alpha value is -2.70. The summed E-state index contributed by atoms with van der Waals surface area (Å²) in [6.45, 7) is 3.12. The standard InChI is InChI=1S/C13H14N4O3/c1-13(2,12(14)18)16-10-6-5-9-8(4-3-7-15-9)11(10)17(19)20/h3-7,16H,1-2H3,(H2,14,18). The fourth-order valence-electron chi connectivity index (χ4n) is 1.83. The number of nitrogens with one attached hydrogen (secondary N) is 1. The molecule has 7 nitrogen and oxygen atoms in total. The maximum Gasteiger partial charge on any atom is 0.301 e. The molecule has 2 rings (SSSR count). The smallest absolute Gasteiger partial charge is 0.301 e. The summed E-state index contributed by atoms with van der Waals surface area (Å²) in [5, 5.41) is 14.5. The Balaban J connectivity index is 2.62. The number of pyridine rings is 1. The van der Waals surface area contributed by atoms with Crippen LogP contribution in [0.25, 0.3) is 10.9 Å². The second kappa shape index (κ2) is 4.76. The van der Waals surface area contributed by atoms with Crippen molar-refractivity contribution in [2.45, 2.75) is 19.4 Å². The van der Waals surface area contributed by atoms with Crippen LogP contribution in [-0.4, -0.2) is 21.4 Å². The number of amides is 1. The van der Waals surface area contributed by atoms with Gasteiger partial charge in [-0.2, -0.15) is 0 Å². The van der Waals surface area contributed by atoms with Gasteiger partial charge in [0.1, 0.15) is 11.2 Å². The summed E-state index contributed by atoms with van der Waals surface area (Å²) >= 11 is 0. The number of hydrogen-bond donors (Lipinski definition) is 2. The SMILES string of the molecule is CC(C)(Nc1ccc2ncccc2c1[N+](=O)[O-])C(N)=O. The molecule has 0 aliphatic heterocycles. The number of aromatic nitrogens is 1. The van der Waals surface area contributed by atoms with Gasteiger partial charge in [-0.25, -0.2) is 0 Å². The second-order valence-electron chi connectivity index (χ2n) is 4.90. The number of fused-ring (bicyclic) bond motifs is 1. The minimum atomic E-state index is -1.10. The number of nitro groups is 1. The van der Waals surface area contributed by atoms with E-state index in [1.165, 1.54) is 6.07 Å². The Bertz CT molecular complexity index is 697. The highest BCUT2D eigenvalue weighted by Gasteiger charge is 2.28. The third kappa shape index (κ3) is 2.37. The summed E-state index contributed by atoms with van der Waals surface area (Å²) in [7, 11) is 0. The fourth-order valence-corrected chi connectivity index (χ4v) is 1.83. The quantitative estimate of drug-likeness (QED) is 0.652. The Kier molecular flexibility index (Phi) is 3.27. The largest absolute Gasteiger partial charge is 0.368 e. The zero-order valence-corrected chi connectivity index (χ0v) is 11.1. The fraction of sp³-hybridized carbons (Fsp3) is 0.231. The summed E-state index contributed by atoms with van der Waals surface area (Å²) < 4.78 is 0. The van der Waals surface area contributed by atoms with Crippen molar-refractivity contribution < 1.29 is 9.72 Å². The number of rotatable bonds is 4. The predicted molar refractivity (Wildman–Crippen MR) is 75.3 cm³/mol. The highest BCUT2D eigenvalue weighted by Crippen LogP contribution is 2.33. The topological polar surface area (TPSA) is 111 Å². The van der Waals surface area contributed by atoms with Crippen LogP contribution in [0.2, 0.25) is 0 Å². The summed E-state index contributed by atoms with van der Waals surface area (Å²) in [5.41, 5.74) is 4.81. The molecule has 0 atom stereocenters. The molecule has 0 fully saturated rings. The van der Waals surface area contributed by atoms with Crippen molar-refractivity contribution >= 4 is 28.2 Å². The zero-order valence-electron chi connectivity index (χ0n) is 11.1. The van der Waals surface area contributed by atoms with Crippen LogP contribution in [0.3, 0.4) is 0 Å². The number of carbonyl (C=O) groups is 1. The normalized spacial score (nSPS) is 11.3. The van der Waals surface area contributed by atoms with E-state index >= 15 is 0 Å². The summed E-state index contributed by atoms with van der Waals surface area (Å²) in [4.78, 5) is 26.2. The van der Waals surface area contributed by atoms with E-state index in [2.05, 4.69) is 10.3 Å². The number of hydrogen-bond acceptors (Lipinski definition) is 5. The van der Waals surface area contributed by atoms with Crippen molar-refractivity contribution in [1.29, 1.82) is 0 Å². The molecule has 0 unspecified atom stereocenters. The molecular formula is C13H14N4O3. The van der Waals surface area contributed by atoms with Gasteiger partial charge in [0.05, 0.1) is 15.8 Å². The maximum absolute atomic E-state index is 11.3. The molecule has 0 aliphatic carbocycles. The molecule has 2 aromatic rings. The Morgan fingerprint density at radius 1 is 1.40 bits per heavy atom. The van der Waals surface area contributed by atoms with Gasteiger partial charge in [-0.1, -0.05) is 0 Å². The van der Waals surface area contributed by atoms with Crippen molar-refractivity contribution in [2.24, 2.45) is 5.73 Å². The van der Waals surface area contributed by atoms with Crippen LogP contribution in [0.15, 0.2) is 30.5 Å². The minimum absolute atomic E-state index is 0.120. The third-order valence-electron chi connectivity index (χ3n) is 3.00. The van der Waals surface area contributed by atoms with Crippen LogP contribution in [-0.2, 0) is 4.79 Å². The van der Waals surface area contributed by atoms with Crippen LogP contribution in [0.4, 0.5) is 11.4 Å². The van der Waals surface area contributed by atoms with Crippen molar-refractivity contribution in [3.63, 3.8) is 0 Å². The molecule has 7 heteroatoms. The molecule has 104 valence electrons. The second-order valence-corrected chi connectivity index (χ2v) is 4.90. The lowest BCUT2D eigenvalue weighted by Gasteiger charge is -2.23. The van der Waals surface area contributed by atoms with Crippen molar-refractivity contribution in [2.75, 3.05) is 5.32 Å². The number of nitrogens with zero attached hydrogens (tertiary/aromatic N) is 2. The Morgan fingerprint density at radius 2 is 2.10 bits per heavy atom. The first kappa shape index (κ1) is 13.7. The molecule has 0 radical (unpaired) electrons. The number of anilines is 1. The van der Waals surface area contributed by atoms with E-state index < -0.39 is 16.4 Å². The molecule has 0 saturated heterocycles. The zero-order chi connectivity index (χ0) is 14.9. The first-order valence-corrected chi connectivity index (χ1v) is 5.93. The molecule has 1 aromatic heterocycles. The van der Waals surface area contributed by atoms with Gasteiger partial charge in [-0.15, -0.1) is 0 Å². The highest BCUT2D eigenvalue weighted by molar-refractivity contribution is 5.96. The molecule has 1 heterocycles. The van der Waals surface area contributed by atoms with Gasteiger partial charge in [0.2, 0.25) is 5.91 Å². The summed E-state index contributed by atoms with van der Waals surface area (Å²) in [5.74, 6) is -0.599. The lowest BCUT2D eigenvalue weighted by Crippen LogP contribution is -2.45. The molecule has 1 aromatic carbocycles. The number of primary amides is 1. The molecule has 0 bridgehead atoms. The number of carbonyl (C=O) groups excluding carboxylic acids is 1. The molecule has 20 heavy (non-hydrogen) atoms. The van der Waals surface area contributed by atoms with E-state index in [1.54, 1.807) is 38.2 Å². The van der Waals surface area contributed by atoms with Crippen molar-refractivity contribution in [1.82, 2.24) is 4.98 Å². The minimum Gasteiger partial charge on any atom is -0.368 e. The van der Waals surface area contributed by atoms with Gasteiger partial charge in [0, 0.05) is 6.20 Å². The molecular weight excluding hydrogens is 260 g/mol. The number of nitro benzene ring substituents is 1. The average molecular weight is 274 g/mol. The van der Waals surface area contributed by atoms with Gasteiger partial charge in [0.25, 0.3) is 0 Å². The summed E-state index contributed by atoms with van der Waals surface area (Å²) in [6.07, 6.45) is 1.56. The first-order chi connectivity index (χ1) is 9.33. The van der Waals surface area contributed by atoms with Gasteiger partial charge in [-0.05, 0) is 38.1 Å². The van der Waals surface area contributed by atoms with Crippen molar-refractivity contribution in [3.8, 4) is 0 Å². The van der Waals surface area contributed by atoms with Crippen LogP contribution >= 0.6 is 0 Å². The van der Waals surface area contributed by atoms with E-state index in [-0.39, 0.29) is 11.4 Å². The molecule has 0 spiro atoms. The van der Waals surface area contributed by atoms with Crippen LogP contribution in [0, 0.1) is 10.1 Å².